The Hall–Kier alpha value is -1.78. The quantitative estimate of drug-likeness (QED) is 0.810. The fourth-order valence-corrected chi connectivity index (χ4v) is 2.50. The van der Waals surface area contributed by atoms with Crippen LogP contribution in [0, 0.1) is 6.92 Å². The number of aromatic nitrogens is 3. The molecule has 1 fully saturated rings. The van der Waals surface area contributed by atoms with Crippen LogP contribution in [0.4, 0.5) is 11.6 Å². The summed E-state index contributed by atoms with van der Waals surface area (Å²) in [6, 6.07) is 2.05. The SMILES string of the molecule is Cc1cc2nc(N)nn2cc1N1CCCCC1. The van der Waals surface area contributed by atoms with Gasteiger partial charge >= 0.3 is 0 Å². The average Bonchev–Trinajstić information content (AvgIpc) is 2.68. The van der Waals surface area contributed by atoms with Crippen molar-refractivity contribution in [1.29, 1.82) is 0 Å². The van der Waals surface area contributed by atoms with Gasteiger partial charge in [-0.2, -0.15) is 4.98 Å². The van der Waals surface area contributed by atoms with Crippen LogP contribution in [0.25, 0.3) is 5.65 Å². The normalized spacial score (nSPS) is 16.6. The molecule has 0 aromatic carbocycles. The number of nitrogen functional groups attached to an aromatic ring is 1. The summed E-state index contributed by atoms with van der Waals surface area (Å²) >= 11 is 0. The molecule has 0 saturated carbocycles. The third-order valence-electron chi connectivity index (χ3n) is 3.36. The highest BCUT2D eigenvalue weighted by Crippen LogP contribution is 2.24. The first-order valence-corrected chi connectivity index (χ1v) is 6.11. The minimum Gasteiger partial charge on any atom is -0.370 e. The van der Waals surface area contributed by atoms with Crippen LogP contribution in [0.5, 0.6) is 0 Å². The molecule has 5 heteroatoms. The first-order chi connectivity index (χ1) is 8.24. The van der Waals surface area contributed by atoms with Gasteiger partial charge in [0.1, 0.15) is 0 Å². The Labute approximate surface area is 100 Å². The van der Waals surface area contributed by atoms with Gasteiger partial charge in [-0.25, -0.2) is 4.52 Å². The van der Waals surface area contributed by atoms with Crippen LogP contribution in [-0.4, -0.2) is 27.7 Å². The number of fused-ring (bicyclic) bond motifs is 1. The molecule has 0 bridgehead atoms. The smallest absolute Gasteiger partial charge is 0.240 e. The standard InChI is InChI=1S/C12H17N5/c1-9-7-11-14-12(13)15-17(11)8-10(9)16-5-3-2-4-6-16/h7-8H,2-6H2,1H3,(H2,13,15). The lowest BCUT2D eigenvalue weighted by atomic mass is 10.1. The van der Waals surface area contributed by atoms with Crippen LogP contribution in [0.3, 0.4) is 0 Å². The van der Waals surface area contributed by atoms with Gasteiger partial charge in [0.2, 0.25) is 5.95 Å². The number of anilines is 2. The van der Waals surface area contributed by atoms with Gasteiger partial charge in [0, 0.05) is 13.1 Å². The van der Waals surface area contributed by atoms with Gasteiger partial charge in [0.25, 0.3) is 0 Å². The predicted molar refractivity (Wildman–Crippen MR) is 68.2 cm³/mol. The fraction of sp³-hybridized carbons (Fsp3) is 0.500. The molecule has 1 saturated heterocycles. The first-order valence-electron chi connectivity index (χ1n) is 6.11. The Morgan fingerprint density at radius 3 is 2.76 bits per heavy atom. The molecule has 1 aliphatic rings. The zero-order valence-corrected chi connectivity index (χ0v) is 10.1. The molecule has 1 aliphatic heterocycles. The summed E-state index contributed by atoms with van der Waals surface area (Å²) in [5, 5.41) is 4.17. The van der Waals surface area contributed by atoms with E-state index in [1.807, 2.05) is 12.3 Å². The van der Waals surface area contributed by atoms with Crippen molar-refractivity contribution in [1.82, 2.24) is 14.6 Å². The largest absolute Gasteiger partial charge is 0.370 e. The Bertz CT molecular complexity index is 539. The van der Waals surface area contributed by atoms with E-state index >= 15 is 0 Å². The zero-order valence-electron chi connectivity index (χ0n) is 10.1. The van der Waals surface area contributed by atoms with Gasteiger partial charge in [0.15, 0.2) is 5.65 Å². The number of aryl methyl sites for hydroxylation is 1. The minimum atomic E-state index is 0.334. The summed E-state index contributed by atoms with van der Waals surface area (Å²) in [5.41, 5.74) is 8.93. The predicted octanol–water partition coefficient (Wildman–Crippen LogP) is 1.61. The van der Waals surface area contributed by atoms with Crippen molar-refractivity contribution < 1.29 is 0 Å². The summed E-state index contributed by atoms with van der Waals surface area (Å²) in [4.78, 5) is 6.60. The van der Waals surface area contributed by atoms with Gasteiger partial charge in [0.05, 0.1) is 11.9 Å². The average molecular weight is 231 g/mol. The van der Waals surface area contributed by atoms with E-state index in [4.69, 9.17) is 5.73 Å². The molecule has 0 amide bonds. The highest BCUT2D eigenvalue weighted by Gasteiger charge is 2.14. The van der Waals surface area contributed by atoms with E-state index in [1.54, 1.807) is 4.52 Å². The molecule has 0 radical (unpaired) electrons. The second-order valence-electron chi connectivity index (χ2n) is 4.66. The number of hydrogen-bond donors (Lipinski definition) is 1. The first kappa shape index (κ1) is 10.4. The third kappa shape index (κ3) is 1.81. The van der Waals surface area contributed by atoms with E-state index in [0.29, 0.717) is 5.95 Å². The highest BCUT2D eigenvalue weighted by molar-refractivity contribution is 5.58. The second-order valence-corrected chi connectivity index (χ2v) is 4.66. The van der Waals surface area contributed by atoms with E-state index in [1.165, 1.54) is 30.5 Å². The number of rotatable bonds is 1. The minimum absolute atomic E-state index is 0.334. The van der Waals surface area contributed by atoms with Crippen LogP contribution in [-0.2, 0) is 0 Å². The maximum absolute atomic E-state index is 5.61. The van der Waals surface area contributed by atoms with Gasteiger partial charge in [-0.1, -0.05) is 0 Å². The number of hydrogen-bond acceptors (Lipinski definition) is 4. The Morgan fingerprint density at radius 2 is 2.00 bits per heavy atom. The summed E-state index contributed by atoms with van der Waals surface area (Å²) < 4.78 is 1.77. The number of piperidine rings is 1. The van der Waals surface area contributed by atoms with Gasteiger partial charge < -0.3 is 10.6 Å². The second kappa shape index (κ2) is 3.91. The zero-order chi connectivity index (χ0) is 11.8. The van der Waals surface area contributed by atoms with Gasteiger partial charge in [-0.05, 0) is 37.8 Å². The number of nitrogens with zero attached hydrogens (tertiary/aromatic N) is 4. The summed E-state index contributed by atoms with van der Waals surface area (Å²) in [7, 11) is 0. The van der Waals surface area contributed by atoms with Crippen molar-refractivity contribution >= 4 is 17.3 Å². The molecule has 3 rings (SSSR count). The van der Waals surface area contributed by atoms with E-state index in [9.17, 15) is 0 Å². The van der Waals surface area contributed by atoms with Crippen LogP contribution < -0.4 is 10.6 Å². The Balaban J connectivity index is 2.05. The topological polar surface area (TPSA) is 59.4 Å². The van der Waals surface area contributed by atoms with Crippen molar-refractivity contribution in [2.75, 3.05) is 23.7 Å². The maximum atomic E-state index is 5.61. The molecule has 3 heterocycles. The molecular weight excluding hydrogens is 214 g/mol. The van der Waals surface area contributed by atoms with E-state index in [-0.39, 0.29) is 0 Å². The Morgan fingerprint density at radius 1 is 1.24 bits per heavy atom. The lowest BCUT2D eigenvalue weighted by Crippen LogP contribution is -2.30. The van der Waals surface area contributed by atoms with Gasteiger partial charge in [-0.3, -0.25) is 0 Å². The Kier molecular flexibility index (Phi) is 2.39. The van der Waals surface area contributed by atoms with Crippen LogP contribution >= 0.6 is 0 Å². The van der Waals surface area contributed by atoms with E-state index in [0.717, 1.165) is 18.7 Å². The molecule has 2 N–H and O–H groups in total. The molecule has 90 valence electrons. The van der Waals surface area contributed by atoms with E-state index < -0.39 is 0 Å². The van der Waals surface area contributed by atoms with Crippen molar-refractivity contribution in [2.45, 2.75) is 26.2 Å². The van der Waals surface area contributed by atoms with Crippen molar-refractivity contribution in [3.8, 4) is 0 Å². The highest BCUT2D eigenvalue weighted by atomic mass is 15.3. The lowest BCUT2D eigenvalue weighted by Gasteiger charge is -2.29. The molecule has 0 unspecified atom stereocenters. The summed E-state index contributed by atoms with van der Waals surface area (Å²) in [6.45, 7) is 4.39. The number of nitrogens with two attached hydrogens (primary N) is 1. The molecule has 17 heavy (non-hydrogen) atoms. The maximum Gasteiger partial charge on any atom is 0.240 e. The molecule has 5 nitrogen and oxygen atoms in total. The molecular formula is C12H17N5. The van der Waals surface area contributed by atoms with Crippen molar-refractivity contribution in [3.05, 3.63) is 17.8 Å². The van der Waals surface area contributed by atoms with Crippen LogP contribution in [0.15, 0.2) is 12.3 Å². The van der Waals surface area contributed by atoms with Crippen LogP contribution in [0.1, 0.15) is 24.8 Å². The molecule has 0 atom stereocenters. The molecule has 2 aromatic rings. The third-order valence-corrected chi connectivity index (χ3v) is 3.36. The molecule has 0 aliphatic carbocycles. The summed E-state index contributed by atoms with van der Waals surface area (Å²) in [6.07, 6.45) is 5.93. The van der Waals surface area contributed by atoms with Crippen molar-refractivity contribution in [3.63, 3.8) is 0 Å². The monoisotopic (exact) mass is 231 g/mol. The summed E-state index contributed by atoms with van der Waals surface area (Å²) in [5.74, 6) is 0.334. The van der Waals surface area contributed by atoms with Crippen LogP contribution in [0.2, 0.25) is 0 Å². The molecule has 0 spiro atoms. The van der Waals surface area contributed by atoms with Crippen molar-refractivity contribution in [2.24, 2.45) is 0 Å². The van der Waals surface area contributed by atoms with Gasteiger partial charge in [-0.15, -0.1) is 5.10 Å². The van der Waals surface area contributed by atoms with E-state index in [2.05, 4.69) is 21.9 Å². The number of pyridine rings is 1. The lowest BCUT2D eigenvalue weighted by molar-refractivity contribution is 0.576. The molecule has 2 aromatic heterocycles. The fourth-order valence-electron chi connectivity index (χ4n) is 2.50.